The Bertz CT molecular complexity index is 379. The van der Waals surface area contributed by atoms with E-state index in [2.05, 4.69) is 27.5 Å². The molecule has 1 fully saturated rings. The van der Waals surface area contributed by atoms with Crippen LogP contribution in [0.25, 0.3) is 0 Å². The van der Waals surface area contributed by atoms with Crippen LogP contribution >= 0.6 is 0 Å². The van der Waals surface area contributed by atoms with Crippen molar-refractivity contribution in [2.45, 2.75) is 39.0 Å². The molecule has 1 aromatic rings. The van der Waals surface area contributed by atoms with Crippen LogP contribution < -0.4 is 10.6 Å². The summed E-state index contributed by atoms with van der Waals surface area (Å²) in [6.45, 7) is 3.65. The van der Waals surface area contributed by atoms with Gasteiger partial charge >= 0.3 is 0 Å². The van der Waals surface area contributed by atoms with Gasteiger partial charge in [0.1, 0.15) is 0 Å². The predicted molar refractivity (Wildman–Crippen MR) is 71.2 cm³/mol. The molecule has 1 heterocycles. The molecule has 0 saturated heterocycles. The molecule has 4 nitrogen and oxygen atoms in total. The Labute approximate surface area is 107 Å². The highest BCUT2D eigenvalue weighted by molar-refractivity contribution is 5.40. The monoisotopic (exact) mass is 252 g/mol. The van der Waals surface area contributed by atoms with Gasteiger partial charge in [0.05, 0.1) is 6.20 Å². The van der Waals surface area contributed by atoms with Crippen molar-refractivity contribution in [1.29, 1.82) is 0 Å². The Morgan fingerprint density at radius 3 is 2.83 bits per heavy atom. The van der Waals surface area contributed by atoms with Crippen molar-refractivity contribution in [2.75, 3.05) is 23.7 Å². The minimum Gasteiger partial charge on any atom is -0.367 e. The highest BCUT2D eigenvalue weighted by Crippen LogP contribution is 2.29. The third-order valence-corrected chi connectivity index (χ3v) is 3.35. The van der Waals surface area contributed by atoms with Gasteiger partial charge in [0, 0.05) is 13.1 Å². The molecule has 1 saturated carbocycles. The average Bonchev–Trinajstić information content (AvgIpc) is 2.32. The standard InChI is InChI=1S/C13H21FN4/c1-2-7-16-13-17-9-11(14)12(18-13)15-8-6-10-4-3-5-10/h9-10H,2-8H2,1H3,(H2,15,16,17,18). The molecule has 18 heavy (non-hydrogen) atoms. The van der Waals surface area contributed by atoms with E-state index in [1.165, 1.54) is 25.5 Å². The van der Waals surface area contributed by atoms with Crippen molar-refractivity contribution >= 4 is 11.8 Å². The smallest absolute Gasteiger partial charge is 0.224 e. The lowest BCUT2D eigenvalue weighted by Gasteiger charge is -2.25. The van der Waals surface area contributed by atoms with E-state index in [9.17, 15) is 4.39 Å². The van der Waals surface area contributed by atoms with Crippen LogP contribution in [0.4, 0.5) is 16.2 Å². The van der Waals surface area contributed by atoms with E-state index in [1.54, 1.807) is 0 Å². The van der Waals surface area contributed by atoms with Crippen LogP contribution in [0.3, 0.4) is 0 Å². The molecular formula is C13H21FN4. The zero-order chi connectivity index (χ0) is 12.8. The molecule has 100 valence electrons. The number of aromatic nitrogens is 2. The molecular weight excluding hydrogens is 231 g/mol. The SMILES string of the molecule is CCCNc1ncc(F)c(NCCC2CCC2)n1. The summed E-state index contributed by atoms with van der Waals surface area (Å²) >= 11 is 0. The summed E-state index contributed by atoms with van der Waals surface area (Å²) < 4.78 is 13.5. The van der Waals surface area contributed by atoms with Crippen molar-refractivity contribution in [3.05, 3.63) is 12.0 Å². The first-order valence-electron chi connectivity index (χ1n) is 6.80. The molecule has 0 unspecified atom stereocenters. The van der Waals surface area contributed by atoms with Gasteiger partial charge in [0.25, 0.3) is 0 Å². The molecule has 1 aromatic heterocycles. The van der Waals surface area contributed by atoms with E-state index in [4.69, 9.17) is 0 Å². The van der Waals surface area contributed by atoms with Gasteiger partial charge in [-0.2, -0.15) is 4.98 Å². The summed E-state index contributed by atoms with van der Waals surface area (Å²) in [6.07, 6.45) is 7.29. The summed E-state index contributed by atoms with van der Waals surface area (Å²) in [5, 5.41) is 6.12. The first-order chi connectivity index (χ1) is 8.79. The van der Waals surface area contributed by atoms with Crippen molar-refractivity contribution in [3.63, 3.8) is 0 Å². The largest absolute Gasteiger partial charge is 0.367 e. The van der Waals surface area contributed by atoms with Gasteiger partial charge in [-0.1, -0.05) is 26.2 Å². The fourth-order valence-electron chi connectivity index (χ4n) is 1.99. The third-order valence-electron chi connectivity index (χ3n) is 3.35. The molecule has 0 atom stereocenters. The number of nitrogens with zero attached hydrogens (tertiary/aromatic N) is 2. The first kappa shape index (κ1) is 13.1. The summed E-state index contributed by atoms with van der Waals surface area (Å²) in [4.78, 5) is 8.05. The molecule has 0 radical (unpaired) electrons. The Hall–Kier alpha value is -1.39. The van der Waals surface area contributed by atoms with Crippen molar-refractivity contribution in [2.24, 2.45) is 5.92 Å². The van der Waals surface area contributed by atoms with E-state index < -0.39 is 0 Å². The fraction of sp³-hybridized carbons (Fsp3) is 0.692. The maximum absolute atomic E-state index is 13.5. The van der Waals surface area contributed by atoms with Crippen LogP contribution in [0.15, 0.2) is 6.20 Å². The van der Waals surface area contributed by atoms with Gasteiger partial charge in [-0.05, 0) is 18.8 Å². The first-order valence-corrected chi connectivity index (χ1v) is 6.80. The maximum atomic E-state index is 13.5. The Kier molecular flexibility index (Phi) is 4.73. The lowest BCUT2D eigenvalue weighted by atomic mass is 9.83. The van der Waals surface area contributed by atoms with E-state index in [-0.39, 0.29) is 5.82 Å². The van der Waals surface area contributed by atoms with Crippen molar-refractivity contribution in [3.8, 4) is 0 Å². The number of halogens is 1. The summed E-state index contributed by atoms with van der Waals surface area (Å²) in [6, 6.07) is 0. The summed E-state index contributed by atoms with van der Waals surface area (Å²) in [5.74, 6) is 1.23. The van der Waals surface area contributed by atoms with Crippen molar-refractivity contribution in [1.82, 2.24) is 9.97 Å². The lowest BCUT2D eigenvalue weighted by Crippen LogP contribution is -2.17. The minimum atomic E-state index is -0.384. The lowest BCUT2D eigenvalue weighted by molar-refractivity contribution is 0.302. The Morgan fingerprint density at radius 1 is 1.33 bits per heavy atom. The summed E-state index contributed by atoms with van der Waals surface area (Å²) in [5.41, 5.74) is 0. The van der Waals surface area contributed by atoms with Gasteiger partial charge in [-0.15, -0.1) is 0 Å². The van der Waals surface area contributed by atoms with Crippen LogP contribution in [0.5, 0.6) is 0 Å². The molecule has 0 bridgehead atoms. The molecule has 0 aliphatic heterocycles. The zero-order valence-corrected chi connectivity index (χ0v) is 10.9. The van der Waals surface area contributed by atoms with E-state index >= 15 is 0 Å². The number of hydrogen-bond donors (Lipinski definition) is 2. The van der Waals surface area contributed by atoms with Gasteiger partial charge in [-0.25, -0.2) is 9.37 Å². The fourth-order valence-corrected chi connectivity index (χ4v) is 1.99. The number of rotatable bonds is 7. The van der Waals surface area contributed by atoms with Crippen molar-refractivity contribution < 1.29 is 4.39 Å². The van der Waals surface area contributed by atoms with E-state index in [0.29, 0.717) is 11.8 Å². The second kappa shape index (κ2) is 6.52. The normalized spacial score (nSPS) is 15.2. The second-order valence-electron chi connectivity index (χ2n) is 4.83. The number of nitrogens with one attached hydrogen (secondary N) is 2. The van der Waals surface area contributed by atoms with Gasteiger partial charge in [0.2, 0.25) is 5.95 Å². The molecule has 0 spiro atoms. The topological polar surface area (TPSA) is 49.8 Å². The Balaban J connectivity index is 1.84. The summed E-state index contributed by atoms with van der Waals surface area (Å²) in [7, 11) is 0. The zero-order valence-electron chi connectivity index (χ0n) is 10.9. The maximum Gasteiger partial charge on any atom is 0.224 e. The second-order valence-corrected chi connectivity index (χ2v) is 4.83. The number of anilines is 2. The van der Waals surface area contributed by atoms with Crippen LogP contribution in [0.1, 0.15) is 39.0 Å². The van der Waals surface area contributed by atoms with Crippen LogP contribution in [0, 0.1) is 11.7 Å². The Morgan fingerprint density at radius 2 is 2.17 bits per heavy atom. The highest BCUT2D eigenvalue weighted by atomic mass is 19.1. The molecule has 0 amide bonds. The molecule has 2 rings (SSSR count). The molecule has 5 heteroatoms. The van der Waals surface area contributed by atoms with Crippen LogP contribution in [0.2, 0.25) is 0 Å². The number of hydrogen-bond acceptors (Lipinski definition) is 4. The van der Waals surface area contributed by atoms with Gasteiger partial charge in [-0.3, -0.25) is 0 Å². The average molecular weight is 252 g/mol. The molecule has 1 aliphatic rings. The van der Waals surface area contributed by atoms with Crippen LogP contribution in [-0.2, 0) is 0 Å². The molecule has 1 aliphatic carbocycles. The molecule has 2 N–H and O–H groups in total. The predicted octanol–water partition coefficient (Wildman–Crippen LogP) is 3.04. The third kappa shape index (κ3) is 3.55. The van der Waals surface area contributed by atoms with Crippen LogP contribution in [-0.4, -0.2) is 23.1 Å². The van der Waals surface area contributed by atoms with Gasteiger partial charge in [0.15, 0.2) is 11.6 Å². The van der Waals surface area contributed by atoms with E-state index in [0.717, 1.165) is 31.8 Å². The minimum absolute atomic E-state index is 0.308. The van der Waals surface area contributed by atoms with E-state index in [1.807, 2.05) is 0 Å². The van der Waals surface area contributed by atoms with Gasteiger partial charge < -0.3 is 10.6 Å². The molecule has 0 aromatic carbocycles. The highest BCUT2D eigenvalue weighted by Gasteiger charge is 2.16. The quantitative estimate of drug-likeness (QED) is 0.783.